The second-order valence-electron chi connectivity index (χ2n) is 5.25. The third-order valence-electron chi connectivity index (χ3n) is 3.60. The molecule has 0 atom stereocenters. The molecule has 0 saturated carbocycles. The maximum Gasteiger partial charge on any atom is 0.254 e. The molecule has 0 radical (unpaired) electrons. The van der Waals surface area contributed by atoms with E-state index in [9.17, 15) is 4.79 Å². The van der Waals surface area contributed by atoms with Crippen LogP contribution in [-0.4, -0.2) is 13.0 Å². The molecule has 0 bridgehead atoms. The summed E-state index contributed by atoms with van der Waals surface area (Å²) in [5, 5.41) is 1.34. The maximum absolute atomic E-state index is 11.8. The topological polar surface area (TPSA) is 77.8 Å². The minimum absolute atomic E-state index is 0.126. The zero-order chi connectivity index (χ0) is 17.3. The van der Waals surface area contributed by atoms with Crippen molar-refractivity contribution in [2.75, 3.05) is 7.11 Å². The Morgan fingerprint density at radius 1 is 1.25 bits per heavy atom. The number of carbonyl (C=O) groups is 1. The molecular weight excluding hydrogens is 328 g/mol. The van der Waals surface area contributed by atoms with Crippen LogP contribution in [0.1, 0.15) is 15.9 Å². The molecule has 0 spiro atoms. The van der Waals surface area contributed by atoms with Crippen LogP contribution in [0.2, 0.25) is 5.02 Å². The fourth-order valence-corrected chi connectivity index (χ4v) is 2.48. The van der Waals surface area contributed by atoms with Gasteiger partial charge in [-0.25, -0.2) is 4.99 Å². The summed E-state index contributed by atoms with van der Waals surface area (Å²) in [5.74, 6) is -0.0693. The molecule has 0 unspecified atom stereocenters. The van der Waals surface area contributed by atoms with Crippen molar-refractivity contribution in [1.82, 2.24) is 0 Å². The predicted octanol–water partition coefficient (Wildman–Crippen LogP) is 3.73. The molecule has 3 rings (SSSR count). The molecular formula is C18H15ClN2O3. The van der Waals surface area contributed by atoms with E-state index in [4.69, 9.17) is 26.5 Å². The lowest BCUT2D eigenvalue weighted by Gasteiger charge is -2.06. The highest BCUT2D eigenvalue weighted by molar-refractivity contribution is 6.31. The second-order valence-corrected chi connectivity index (χ2v) is 5.66. The normalized spacial score (nSPS) is 11.7. The van der Waals surface area contributed by atoms with E-state index in [1.807, 2.05) is 13.0 Å². The summed E-state index contributed by atoms with van der Waals surface area (Å²) in [6.45, 7) is 1.87. The number of para-hydroxylation sites is 1. The predicted molar refractivity (Wildman–Crippen MR) is 92.7 cm³/mol. The molecule has 0 fully saturated rings. The minimum atomic E-state index is -0.618. The van der Waals surface area contributed by atoms with Gasteiger partial charge in [-0.3, -0.25) is 4.79 Å². The molecule has 1 amide bonds. The number of nitrogens with zero attached hydrogens (tertiary/aromatic N) is 1. The Bertz CT molecular complexity index is 1010. The number of aryl methyl sites for hydroxylation is 1. The van der Waals surface area contributed by atoms with E-state index < -0.39 is 5.91 Å². The van der Waals surface area contributed by atoms with E-state index >= 15 is 0 Å². The van der Waals surface area contributed by atoms with Crippen molar-refractivity contribution in [2.24, 2.45) is 10.7 Å². The molecule has 0 aliphatic carbocycles. The van der Waals surface area contributed by atoms with Gasteiger partial charge < -0.3 is 14.9 Å². The van der Waals surface area contributed by atoms with E-state index in [2.05, 4.69) is 4.99 Å². The smallest absolute Gasteiger partial charge is 0.254 e. The molecule has 0 aliphatic rings. The summed E-state index contributed by atoms with van der Waals surface area (Å²) in [6, 6.07) is 12.3. The Labute approximate surface area is 143 Å². The number of hydrogen-bond donors (Lipinski definition) is 1. The molecule has 3 aromatic rings. The molecule has 24 heavy (non-hydrogen) atoms. The van der Waals surface area contributed by atoms with Crippen LogP contribution in [-0.2, 0) is 0 Å². The Morgan fingerprint density at radius 3 is 2.71 bits per heavy atom. The van der Waals surface area contributed by atoms with Crippen molar-refractivity contribution in [1.29, 1.82) is 0 Å². The van der Waals surface area contributed by atoms with Crippen LogP contribution in [0.3, 0.4) is 0 Å². The van der Waals surface area contributed by atoms with Gasteiger partial charge in [0.15, 0.2) is 11.3 Å². The number of primary amides is 1. The Kier molecular flexibility index (Phi) is 4.27. The lowest BCUT2D eigenvalue weighted by atomic mass is 10.1. The average Bonchev–Trinajstić information content (AvgIpc) is 2.57. The minimum Gasteiger partial charge on any atom is -0.493 e. The zero-order valence-electron chi connectivity index (χ0n) is 13.2. The molecule has 0 saturated heterocycles. The van der Waals surface area contributed by atoms with Gasteiger partial charge in [-0.05, 0) is 42.8 Å². The van der Waals surface area contributed by atoms with Crippen LogP contribution in [0.4, 0.5) is 5.69 Å². The number of hydrogen-bond acceptors (Lipinski definition) is 4. The third kappa shape index (κ3) is 2.98. The zero-order valence-corrected chi connectivity index (χ0v) is 13.9. The van der Waals surface area contributed by atoms with Gasteiger partial charge in [-0.1, -0.05) is 23.7 Å². The first-order chi connectivity index (χ1) is 11.5. The summed E-state index contributed by atoms with van der Waals surface area (Å²) in [7, 11) is 1.55. The van der Waals surface area contributed by atoms with Gasteiger partial charge in [0.1, 0.15) is 5.56 Å². The summed E-state index contributed by atoms with van der Waals surface area (Å²) in [6.07, 6.45) is 0. The van der Waals surface area contributed by atoms with Gasteiger partial charge in [0.25, 0.3) is 5.91 Å². The average molecular weight is 343 g/mol. The van der Waals surface area contributed by atoms with Crippen molar-refractivity contribution in [2.45, 2.75) is 6.92 Å². The van der Waals surface area contributed by atoms with Crippen molar-refractivity contribution in [3.63, 3.8) is 0 Å². The van der Waals surface area contributed by atoms with E-state index in [0.717, 1.165) is 5.56 Å². The fraction of sp³-hybridized carbons (Fsp3) is 0.111. The number of benzene rings is 2. The lowest BCUT2D eigenvalue weighted by molar-refractivity contribution is 0.0996. The van der Waals surface area contributed by atoms with Gasteiger partial charge in [-0.15, -0.1) is 0 Å². The number of rotatable bonds is 3. The van der Waals surface area contributed by atoms with Crippen molar-refractivity contribution in [3.8, 4) is 5.75 Å². The van der Waals surface area contributed by atoms with Crippen LogP contribution in [0.15, 0.2) is 51.9 Å². The van der Waals surface area contributed by atoms with Crippen LogP contribution in [0.25, 0.3) is 11.0 Å². The SMILES string of the molecule is COc1cccc2cc(C(N)=O)c(=Nc3ccc(Cl)c(C)c3)oc12. The lowest BCUT2D eigenvalue weighted by Crippen LogP contribution is -2.21. The summed E-state index contributed by atoms with van der Waals surface area (Å²) < 4.78 is 11.1. The number of amides is 1. The van der Waals surface area contributed by atoms with Crippen LogP contribution in [0.5, 0.6) is 5.75 Å². The summed E-state index contributed by atoms with van der Waals surface area (Å²) in [4.78, 5) is 16.2. The molecule has 2 N–H and O–H groups in total. The van der Waals surface area contributed by atoms with Crippen LogP contribution >= 0.6 is 11.6 Å². The van der Waals surface area contributed by atoms with Gasteiger partial charge in [-0.2, -0.15) is 0 Å². The molecule has 2 aromatic carbocycles. The van der Waals surface area contributed by atoms with Gasteiger partial charge in [0, 0.05) is 10.4 Å². The van der Waals surface area contributed by atoms with Crippen LogP contribution < -0.4 is 16.0 Å². The first kappa shape index (κ1) is 16.1. The number of halogens is 1. The number of nitrogens with two attached hydrogens (primary N) is 1. The quantitative estimate of drug-likeness (QED) is 0.787. The van der Waals surface area contributed by atoms with Gasteiger partial charge >= 0.3 is 0 Å². The highest BCUT2D eigenvalue weighted by Crippen LogP contribution is 2.25. The first-order valence-electron chi connectivity index (χ1n) is 7.21. The molecule has 6 heteroatoms. The molecule has 0 aliphatic heterocycles. The largest absolute Gasteiger partial charge is 0.493 e. The Morgan fingerprint density at radius 2 is 2.04 bits per heavy atom. The van der Waals surface area contributed by atoms with E-state index in [0.29, 0.717) is 27.4 Å². The van der Waals surface area contributed by atoms with Crippen LogP contribution in [0, 0.1) is 6.92 Å². The number of carbonyl (C=O) groups excluding carboxylic acids is 1. The number of methoxy groups -OCH3 is 1. The summed E-state index contributed by atoms with van der Waals surface area (Å²) >= 11 is 6.03. The van der Waals surface area contributed by atoms with Gasteiger partial charge in [0.2, 0.25) is 5.55 Å². The maximum atomic E-state index is 11.8. The van der Waals surface area contributed by atoms with Crippen molar-refractivity contribution in [3.05, 3.63) is 64.2 Å². The second kappa shape index (κ2) is 6.37. The van der Waals surface area contributed by atoms with E-state index in [1.54, 1.807) is 43.5 Å². The monoisotopic (exact) mass is 342 g/mol. The van der Waals surface area contributed by atoms with E-state index in [-0.39, 0.29) is 11.1 Å². The van der Waals surface area contributed by atoms with Gasteiger partial charge in [0.05, 0.1) is 12.8 Å². The Balaban J connectivity index is 2.31. The molecule has 122 valence electrons. The highest BCUT2D eigenvalue weighted by atomic mass is 35.5. The number of ether oxygens (including phenoxy) is 1. The highest BCUT2D eigenvalue weighted by Gasteiger charge is 2.12. The molecule has 5 nitrogen and oxygen atoms in total. The van der Waals surface area contributed by atoms with Crippen molar-refractivity contribution >= 4 is 34.2 Å². The molecule has 1 aromatic heterocycles. The number of fused-ring (bicyclic) bond motifs is 1. The fourth-order valence-electron chi connectivity index (χ4n) is 2.36. The standard InChI is InChI=1S/C18H15ClN2O3/c1-10-8-12(6-7-14(10)19)21-18-13(17(20)22)9-11-4-3-5-15(23-2)16(11)24-18/h3-9H,1-2H3,(H2,20,22). The van der Waals surface area contributed by atoms with Crippen molar-refractivity contribution < 1.29 is 13.9 Å². The third-order valence-corrected chi connectivity index (χ3v) is 4.02. The molecule has 1 heterocycles. The summed E-state index contributed by atoms with van der Waals surface area (Å²) in [5.41, 5.74) is 7.77. The van der Waals surface area contributed by atoms with E-state index in [1.165, 1.54) is 0 Å². The first-order valence-corrected chi connectivity index (χ1v) is 7.59. The Hall–Kier alpha value is -2.79.